The number of hydrogen-bond donors (Lipinski definition) is 1. The SMILES string of the molecule is CCCNC(c1cccc(Cl)c1)c1ccc(C)c(Br)c1. The lowest BCUT2D eigenvalue weighted by atomic mass is 9.97. The lowest BCUT2D eigenvalue weighted by Gasteiger charge is -2.20. The Kier molecular flexibility index (Phi) is 5.64. The predicted octanol–water partition coefficient (Wildman–Crippen LogP) is 5.50. The predicted molar refractivity (Wildman–Crippen MR) is 90.5 cm³/mol. The first-order chi connectivity index (χ1) is 9.61. The number of hydrogen-bond acceptors (Lipinski definition) is 1. The highest BCUT2D eigenvalue weighted by Crippen LogP contribution is 2.28. The molecule has 1 N–H and O–H groups in total. The molecule has 0 aliphatic carbocycles. The van der Waals surface area contributed by atoms with Crippen molar-refractivity contribution in [2.75, 3.05) is 6.54 Å². The molecule has 1 nitrogen and oxygen atoms in total. The zero-order chi connectivity index (χ0) is 14.5. The van der Waals surface area contributed by atoms with E-state index < -0.39 is 0 Å². The Hall–Kier alpha value is -0.830. The number of halogens is 2. The number of benzene rings is 2. The first-order valence-electron chi connectivity index (χ1n) is 6.86. The lowest BCUT2D eigenvalue weighted by molar-refractivity contribution is 0.598. The molecule has 0 aliphatic rings. The summed E-state index contributed by atoms with van der Waals surface area (Å²) in [7, 11) is 0. The summed E-state index contributed by atoms with van der Waals surface area (Å²) in [5.74, 6) is 0. The van der Waals surface area contributed by atoms with Crippen molar-refractivity contribution in [3.63, 3.8) is 0 Å². The van der Waals surface area contributed by atoms with E-state index >= 15 is 0 Å². The van der Waals surface area contributed by atoms with E-state index in [-0.39, 0.29) is 6.04 Å². The van der Waals surface area contributed by atoms with Gasteiger partial charge >= 0.3 is 0 Å². The van der Waals surface area contributed by atoms with Gasteiger partial charge in [0.2, 0.25) is 0 Å². The molecule has 2 aromatic rings. The fourth-order valence-corrected chi connectivity index (χ4v) is 2.79. The van der Waals surface area contributed by atoms with Gasteiger partial charge in [0.05, 0.1) is 6.04 Å². The summed E-state index contributed by atoms with van der Waals surface area (Å²) in [5, 5.41) is 4.37. The summed E-state index contributed by atoms with van der Waals surface area (Å²) >= 11 is 9.75. The van der Waals surface area contributed by atoms with Crippen LogP contribution in [-0.2, 0) is 0 Å². The molecule has 0 saturated carbocycles. The summed E-state index contributed by atoms with van der Waals surface area (Å²) in [6, 6.07) is 14.7. The monoisotopic (exact) mass is 351 g/mol. The van der Waals surface area contributed by atoms with Gasteiger partial charge < -0.3 is 5.32 Å². The third-order valence-corrected chi connectivity index (χ3v) is 4.40. The molecule has 106 valence electrons. The van der Waals surface area contributed by atoms with Gasteiger partial charge in [0.25, 0.3) is 0 Å². The summed E-state index contributed by atoms with van der Waals surface area (Å²) in [4.78, 5) is 0. The van der Waals surface area contributed by atoms with Crippen molar-refractivity contribution in [2.45, 2.75) is 26.3 Å². The molecule has 0 aliphatic heterocycles. The summed E-state index contributed by atoms with van der Waals surface area (Å²) in [5.41, 5.74) is 3.69. The van der Waals surface area contributed by atoms with Crippen molar-refractivity contribution in [3.8, 4) is 0 Å². The van der Waals surface area contributed by atoms with E-state index in [4.69, 9.17) is 11.6 Å². The average Bonchev–Trinajstić information content (AvgIpc) is 2.43. The standard InChI is InChI=1S/C17H19BrClN/c1-3-9-20-17(13-5-4-6-15(19)10-13)14-8-7-12(2)16(18)11-14/h4-8,10-11,17,20H,3,9H2,1-2H3. The van der Waals surface area contributed by atoms with Gasteiger partial charge in [-0.2, -0.15) is 0 Å². The first-order valence-corrected chi connectivity index (χ1v) is 8.04. The van der Waals surface area contributed by atoms with E-state index in [0.717, 1.165) is 22.5 Å². The Balaban J connectivity index is 2.38. The van der Waals surface area contributed by atoms with Crippen molar-refractivity contribution in [1.82, 2.24) is 5.32 Å². The second kappa shape index (κ2) is 7.26. The van der Waals surface area contributed by atoms with E-state index in [9.17, 15) is 0 Å². The molecule has 1 atom stereocenters. The molecule has 20 heavy (non-hydrogen) atoms. The highest BCUT2D eigenvalue weighted by atomic mass is 79.9. The van der Waals surface area contributed by atoms with Crippen LogP contribution in [0.5, 0.6) is 0 Å². The third-order valence-electron chi connectivity index (χ3n) is 3.31. The highest BCUT2D eigenvalue weighted by Gasteiger charge is 2.14. The number of nitrogens with one attached hydrogen (secondary N) is 1. The average molecular weight is 353 g/mol. The van der Waals surface area contributed by atoms with Crippen molar-refractivity contribution < 1.29 is 0 Å². The zero-order valence-corrected chi connectivity index (χ0v) is 14.1. The molecule has 0 heterocycles. The minimum Gasteiger partial charge on any atom is -0.306 e. The van der Waals surface area contributed by atoms with Crippen molar-refractivity contribution >= 4 is 27.5 Å². The highest BCUT2D eigenvalue weighted by molar-refractivity contribution is 9.10. The largest absolute Gasteiger partial charge is 0.306 e. The van der Waals surface area contributed by atoms with Gasteiger partial charge in [-0.3, -0.25) is 0 Å². The van der Waals surface area contributed by atoms with Crippen LogP contribution in [0.15, 0.2) is 46.9 Å². The number of aryl methyl sites for hydroxylation is 1. The Bertz CT molecular complexity index is 583. The minimum absolute atomic E-state index is 0.172. The summed E-state index contributed by atoms with van der Waals surface area (Å²) in [6.07, 6.45) is 1.10. The Labute approximate surface area is 134 Å². The van der Waals surface area contributed by atoms with Crippen LogP contribution >= 0.6 is 27.5 Å². The second-order valence-corrected chi connectivity index (χ2v) is 6.24. The maximum atomic E-state index is 6.13. The van der Waals surface area contributed by atoms with Gasteiger partial charge in [-0.25, -0.2) is 0 Å². The molecule has 0 aromatic heterocycles. The molecule has 0 saturated heterocycles. The van der Waals surface area contributed by atoms with Gasteiger partial charge in [0.15, 0.2) is 0 Å². The van der Waals surface area contributed by atoms with Gasteiger partial charge in [0, 0.05) is 9.50 Å². The first kappa shape index (κ1) is 15.6. The molecule has 1 unspecified atom stereocenters. The van der Waals surface area contributed by atoms with Gasteiger partial charge in [-0.05, 0) is 54.8 Å². The van der Waals surface area contributed by atoms with Crippen molar-refractivity contribution in [2.24, 2.45) is 0 Å². The zero-order valence-electron chi connectivity index (χ0n) is 11.8. The van der Waals surface area contributed by atoms with Crippen LogP contribution in [0.1, 0.15) is 36.1 Å². The molecule has 0 bridgehead atoms. The normalized spacial score (nSPS) is 12.4. The van der Waals surface area contributed by atoms with E-state index in [1.54, 1.807) is 0 Å². The van der Waals surface area contributed by atoms with E-state index in [2.05, 4.69) is 59.4 Å². The Morgan fingerprint density at radius 1 is 1.15 bits per heavy atom. The molecular weight excluding hydrogens is 334 g/mol. The van der Waals surface area contributed by atoms with Crippen molar-refractivity contribution in [3.05, 3.63) is 68.7 Å². The second-order valence-electron chi connectivity index (χ2n) is 4.95. The summed E-state index contributed by atoms with van der Waals surface area (Å²) < 4.78 is 1.14. The van der Waals surface area contributed by atoms with Crippen LogP contribution in [0.3, 0.4) is 0 Å². The Morgan fingerprint density at radius 3 is 2.55 bits per heavy atom. The smallest absolute Gasteiger partial charge is 0.0577 e. The minimum atomic E-state index is 0.172. The molecule has 0 fully saturated rings. The molecular formula is C17H19BrClN. The van der Waals surface area contributed by atoms with E-state index in [0.29, 0.717) is 0 Å². The molecule has 0 radical (unpaired) electrons. The molecule has 0 amide bonds. The van der Waals surface area contributed by atoms with Crippen LogP contribution in [0.4, 0.5) is 0 Å². The van der Waals surface area contributed by atoms with Crippen LogP contribution < -0.4 is 5.32 Å². The number of rotatable bonds is 5. The lowest BCUT2D eigenvalue weighted by Crippen LogP contribution is -2.23. The van der Waals surface area contributed by atoms with E-state index in [1.165, 1.54) is 16.7 Å². The molecule has 3 heteroatoms. The Morgan fingerprint density at radius 2 is 1.90 bits per heavy atom. The molecule has 2 aromatic carbocycles. The fraction of sp³-hybridized carbons (Fsp3) is 0.294. The van der Waals surface area contributed by atoms with E-state index in [1.807, 2.05) is 18.2 Å². The van der Waals surface area contributed by atoms with Gasteiger partial charge in [0.1, 0.15) is 0 Å². The van der Waals surface area contributed by atoms with Crippen LogP contribution in [0, 0.1) is 6.92 Å². The molecule has 0 spiro atoms. The topological polar surface area (TPSA) is 12.0 Å². The van der Waals surface area contributed by atoms with Crippen LogP contribution in [0.2, 0.25) is 5.02 Å². The third kappa shape index (κ3) is 3.85. The fourth-order valence-electron chi connectivity index (χ4n) is 2.19. The van der Waals surface area contributed by atoms with Gasteiger partial charge in [-0.15, -0.1) is 0 Å². The van der Waals surface area contributed by atoms with Crippen molar-refractivity contribution in [1.29, 1.82) is 0 Å². The van der Waals surface area contributed by atoms with Crippen LogP contribution in [0.25, 0.3) is 0 Å². The quantitative estimate of drug-likeness (QED) is 0.749. The maximum Gasteiger partial charge on any atom is 0.0577 e. The maximum absolute atomic E-state index is 6.13. The van der Waals surface area contributed by atoms with Crippen LogP contribution in [-0.4, -0.2) is 6.54 Å². The molecule has 2 rings (SSSR count). The summed E-state index contributed by atoms with van der Waals surface area (Å²) in [6.45, 7) is 5.25. The van der Waals surface area contributed by atoms with Gasteiger partial charge in [-0.1, -0.05) is 58.7 Å².